The van der Waals surface area contributed by atoms with Gasteiger partial charge in [-0.3, -0.25) is 4.90 Å². The summed E-state index contributed by atoms with van der Waals surface area (Å²) in [5, 5.41) is 0. The van der Waals surface area contributed by atoms with Crippen molar-refractivity contribution in [3.63, 3.8) is 0 Å². The first-order chi connectivity index (χ1) is 12.2. The lowest BCUT2D eigenvalue weighted by Gasteiger charge is -2.37. The molecule has 0 amide bonds. The zero-order valence-corrected chi connectivity index (χ0v) is 15.1. The van der Waals surface area contributed by atoms with E-state index in [4.69, 9.17) is 9.72 Å². The van der Waals surface area contributed by atoms with Crippen LogP contribution in [0.5, 0.6) is 0 Å². The summed E-state index contributed by atoms with van der Waals surface area (Å²) in [4.78, 5) is 18.1. The number of nitrogens with zero attached hydrogens (tertiary/aromatic N) is 6. The van der Waals surface area contributed by atoms with Crippen LogP contribution < -0.4 is 4.90 Å². The Labute approximate surface area is 148 Å². The summed E-state index contributed by atoms with van der Waals surface area (Å²) in [6.07, 6.45) is 6.15. The van der Waals surface area contributed by atoms with Crippen LogP contribution in [0.1, 0.15) is 30.1 Å². The van der Waals surface area contributed by atoms with Crippen molar-refractivity contribution in [2.75, 3.05) is 31.6 Å². The molecule has 0 bridgehead atoms. The molecule has 7 nitrogen and oxygen atoms in total. The smallest absolute Gasteiger partial charge is 0.135 e. The van der Waals surface area contributed by atoms with Gasteiger partial charge in [0.2, 0.25) is 0 Å². The number of rotatable bonds is 4. The molecule has 2 aromatic rings. The molecule has 4 heterocycles. The number of hydrogen-bond acceptors (Lipinski definition) is 6. The van der Waals surface area contributed by atoms with Crippen LogP contribution >= 0.6 is 0 Å². The number of fused-ring (bicyclic) bond motifs is 1. The number of likely N-dealkylation sites (tertiary alicyclic amines) is 1. The molecule has 25 heavy (non-hydrogen) atoms. The molecule has 0 atom stereocenters. The van der Waals surface area contributed by atoms with E-state index in [1.54, 1.807) is 6.33 Å². The molecule has 0 aromatic carbocycles. The maximum atomic E-state index is 5.48. The largest absolute Gasteiger partial charge is 0.372 e. The third kappa shape index (κ3) is 3.67. The molecule has 2 aliphatic rings. The first-order valence-corrected chi connectivity index (χ1v) is 9.05. The molecule has 0 unspecified atom stereocenters. The summed E-state index contributed by atoms with van der Waals surface area (Å²) < 4.78 is 7.71. The number of aryl methyl sites for hydroxylation is 1. The third-order valence-electron chi connectivity index (χ3n) is 5.26. The first kappa shape index (κ1) is 16.5. The molecule has 0 aliphatic carbocycles. The number of imidazole rings is 1. The Morgan fingerprint density at radius 3 is 2.84 bits per heavy atom. The van der Waals surface area contributed by atoms with Crippen LogP contribution in [0.2, 0.25) is 0 Å². The average molecular weight is 342 g/mol. The van der Waals surface area contributed by atoms with E-state index in [1.807, 2.05) is 6.92 Å². The molecule has 134 valence electrons. The van der Waals surface area contributed by atoms with Crippen molar-refractivity contribution in [1.82, 2.24) is 24.4 Å². The van der Waals surface area contributed by atoms with Crippen molar-refractivity contribution < 1.29 is 4.74 Å². The zero-order valence-electron chi connectivity index (χ0n) is 15.1. The minimum Gasteiger partial charge on any atom is -0.372 e. The molecule has 0 spiro atoms. The fourth-order valence-electron chi connectivity index (χ4n) is 3.74. The highest BCUT2D eigenvalue weighted by molar-refractivity contribution is 5.39. The standard InChI is InChI=1S/C18H26N6O/c1-14-9-17(20-13-19-14)22(2)16-3-5-23(6-4-16)10-15-11-24-7-8-25-12-18(24)21-15/h9,11,13,16H,3-8,10,12H2,1-2H3. The van der Waals surface area contributed by atoms with Gasteiger partial charge in [-0.1, -0.05) is 0 Å². The van der Waals surface area contributed by atoms with Gasteiger partial charge in [0, 0.05) is 57.2 Å². The Kier molecular flexibility index (Phi) is 4.67. The van der Waals surface area contributed by atoms with Crippen molar-refractivity contribution in [3.05, 3.63) is 35.8 Å². The number of piperidine rings is 1. The lowest BCUT2D eigenvalue weighted by atomic mass is 10.0. The highest BCUT2D eigenvalue weighted by Crippen LogP contribution is 2.22. The summed E-state index contributed by atoms with van der Waals surface area (Å²) in [6.45, 7) is 7.50. The Bertz CT molecular complexity index is 699. The fraction of sp³-hybridized carbons (Fsp3) is 0.611. The molecule has 2 aromatic heterocycles. The van der Waals surface area contributed by atoms with Crippen molar-refractivity contribution >= 4 is 5.82 Å². The second-order valence-electron chi connectivity index (χ2n) is 7.03. The molecule has 0 radical (unpaired) electrons. The van der Waals surface area contributed by atoms with E-state index in [-0.39, 0.29) is 0 Å². The van der Waals surface area contributed by atoms with Crippen molar-refractivity contribution in [2.24, 2.45) is 0 Å². The van der Waals surface area contributed by atoms with Gasteiger partial charge in [-0.05, 0) is 19.8 Å². The topological polar surface area (TPSA) is 59.3 Å². The molecule has 1 fully saturated rings. The molecule has 0 N–H and O–H groups in total. The van der Waals surface area contributed by atoms with Crippen LogP contribution in [0.3, 0.4) is 0 Å². The highest BCUT2D eigenvalue weighted by Gasteiger charge is 2.24. The minimum absolute atomic E-state index is 0.536. The quantitative estimate of drug-likeness (QED) is 0.841. The molecule has 1 saturated heterocycles. The Morgan fingerprint density at radius 2 is 2.08 bits per heavy atom. The minimum atomic E-state index is 0.536. The maximum Gasteiger partial charge on any atom is 0.135 e. The van der Waals surface area contributed by atoms with Gasteiger partial charge < -0.3 is 14.2 Å². The van der Waals surface area contributed by atoms with Gasteiger partial charge in [0.25, 0.3) is 0 Å². The van der Waals surface area contributed by atoms with Crippen LogP contribution in [0.15, 0.2) is 18.6 Å². The normalized spacial score (nSPS) is 19.0. The summed E-state index contributed by atoms with van der Waals surface area (Å²) >= 11 is 0. The van der Waals surface area contributed by atoms with E-state index in [2.05, 4.69) is 43.6 Å². The SMILES string of the molecule is Cc1cc(N(C)C2CCN(Cc3cn4c(n3)COCC4)CC2)ncn1. The Hall–Kier alpha value is -1.99. The highest BCUT2D eigenvalue weighted by atomic mass is 16.5. The van der Waals surface area contributed by atoms with Gasteiger partial charge in [-0.25, -0.2) is 15.0 Å². The predicted octanol–water partition coefficient (Wildman–Crippen LogP) is 1.61. The summed E-state index contributed by atoms with van der Waals surface area (Å²) in [5.41, 5.74) is 2.18. The van der Waals surface area contributed by atoms with Gasteiger partial charge in [-0.15, -0.1) is 0 Å². The van der Waals surface area contributed by atoms with Crippen molar-refractivity contribution in [1.29, 1.82) is 0 Å². The lowest BCUT2D eigenvalue weighted by Crippen LogP contribution is -2.43. The van der Waals surface area contributed by atoms with Crippen molar-refractivity contribution in [3.8, 4) is 0 Å². The molecule has 7 heteroatoms. The van der Waals surface area contributed by atoms with E-state index < -0.39 is 0 Å². The number of hydrogen-bond donors (Lipinski definition) is 0. The van der Waals surface area contributed by atoms with E-state index in [9.17, 15) is 0 Å². The van der Waals surface area contributed by atoms with Crippen LogP contribution in [-0.4, -0.2) is 57.2 Å². The van der Waals surface area contributed by atoms with Gasteiger partial charge in [0.05, 0.1) is 12.3 Å². The number of anilines is 1. The first-order valence-electron chi connectivity index (χ1n) is 9.05. The third-order valence-corrected chi connectivity index (χ3v) is 5.26. The summed E-state index contributed by atoms with van der Waals surface area (Å²) in [5.74, 6) is 2.09. The van der Waals surface area contributed by atoms with Crippen LogP contribution in [0.4, 0.5) is 5.82 Å². The van der Waals surface area contributed by atoms with E-state index >= 15 is 0 Å². The summed E-state index contributed by atoms with van der Waals surface area (Å²) in [7, 11) is 2.14. The molecular weight excluding hydrogens is 316 g/mol. The zero-order chi connectivity index (χ0) is 17.2. The number of ether oxygens (including phenoxy) is 1. The second kappa shape index (κ2) is 7.09. The van der Waals surface area contributed by atoms with E-state index in [0.29, 0.717) is 12.6 Å². The Balaban J connectivity index is 1.33. The lowest BCUT2D eigenvalue weighted by molar-refractivity contribution is 0.0816. The van der Waals surface area contributed by atoms with Gasteiger partial charge in [0.15, 0.2) is 0 Å². The van der Waals surface area contributed by atoms with Crippen LogP contribution in [0, 0.1) is 6.92 Å². The van der Waals surface area contributed by atoms with Crippen LogP contribution in [-0.2, 0) is 24.4 Å². The van der Waals surface area contributed by atoms with Crippen molar-refractivity contribution in [2.45, 2.75) is 45.5 Å². The average Bonchev–Trinajstić information content (AvgIpc) is 3.04. The molecule has 4 rings (SSSR count). The monoisotopic (exact) mass is 342 g/mol. The fourth-order valence-corrected chi connectivity index (χ4v) is 3.74. The molecule has 0 saturated carbocycles. The second-order valence-corrected chi connectivity index (χ2v) is 7.03. The van der Waals surface area contributed by atoms with E-state index in [0.717, 1.165) is 63.0 Å². The van der Waals surface area contributed by atoms with Gasteiger partial charge in [-0.2, -0.15) is 0 Å². The predicted molar refractivity (Wildman–Crippen MR) is 95.4 cm³/mol. The van der Waals surface area contributed by atoms with E-state index in [1.165, 1.54) is 5.69 Å². The number of aromatic nitrogens is 4. The molecular formula is C18H26N6O. The van der Waals surface area contributed by atoms with Crippen LogP contribution in [0.25, 0.3) is 0 Å². The Morgan fingerprint density at radius 1 is 1.24 bits per heavy atom. The molecule has 2 aliphatic heterocycles. The van der Waals surface area contributed by atoms with Gasteiger partial charge >= 0.3 is 0 Å². The van der Waals surface area contributed by atoms with Gasteiger partial charge in [0.1, 0.15) is 24.6 Å². The summed E-state index contributed by atoms with van der Waals surface area (Å²) in [6, 6.07) is 2.60. The maximum absolute atomic E-state index is 5.48.